The molecule has 56 heavy (non-hydrogen) atoms. The first-order chi connectivity index (χ1) is 27.8. The number of nitrogens with zero attached hydrogens (tertiary/aromatic N) is 3. The SMILES string of the molecule is c1ccc(-n2c3ccccc3c3c(N(c4ccc(-n5c6ccccc6c6ccc7ccccc7c65)cc4)c4cccc5oc6ccccc6c45)cccc32)cc1. The van der Waals surface area contributed by atoms with Gasteiger partial charge >= 0.3 is 0 Å². The van der Waals surface area contributed by atoms with Crippen LogP contribution in [0.5, 0.6) is 0 Å². The number of furan rings is 1. The quantitative estimate of drug-likeness (QED) is 0.177. The van der Waals surface area contributed by atoms with E-state index in [4.69, 9.17) is 4.42 Å². The Balaban J connectivity index is 1.15. The minimum atomic E-state index is 0.862. The standard InChI is InChI=1S/C52H33N3O/c1-2-15-35(16-3-1)53-44-22-10-7-19-41(44)50-45(53)23-12-24-46(50)54(47-25-13-27-49-51(47)42-20-8-11-26-48(42)56-49)36-29-31-37(32-30-36)55-43-21-9-6-18-39(43)40-33-28-34-14-4-5-17-38(34)52(40)55/h1-33H. The molecular formula is C52H33N3O. The molecule has 0 aliphatic rings. The fraction of sp³-hybridized carbons (Fsp3) is 0. The van der Waals surface area contributed by atoms with Crippen LogP contribution in [0.4, 0.5) is 17.1 Å². The fourth-order valence-corrected chi connectivity index (χ4v) is 9.14. The van der Waals surface area contributed by atoms with Crippen LogP contribution in [-0.4, -0.2) is 9.13 Å². The molecule has 4 heteroatoms. The number of anilines is 3. The molecular weight excluding hydrogens is 683 g/mol. The zero-order chi connectivity index (χ0) is 36.7. The summed E-state index contributed by atoms with van der Waals surface area (Å²) in [6, 6.07) is 72.0. The van der Waals surface area contributed by atoms with Gasteiger partial charge in [0.2, 0.25) is 0 Å². The maximum Gasteiger partial charge on any atom is 0.137 e. The summed E-state index contributed by atoms with van der Waals surface area (Å²) in [7, 11) is 0. The molecule has 0 spiro atoms. The van der Waals surface area contributed by atoms with Crippen LogP contribution < -0.4 is 4.90 Å². The van der Waals surface area contributed by atoms with E-state index in [-0.39, 0.29) is 0 Å². The lowest BCUT2D eigenvalue weighted by Crippen LogP contribution is -2.11. The molecule has 0 saturated carbocycles. The highest BCUT2D eigenvalue weighted by Crippen LogP contribution is 2.47. The van der Waals surface area contributed by atoms with Crippen LogP contribution in [0.25, 0.3) is 87.7 Å². The largest absolute Gasteiger partial charge is 0.456 e. The molecule has 0 N–H and O–H groups in total. The maximum atomic E-state index is 6.49. The van der Waals surface area contributed by atoms with E-state index in [1.165, 1.54) is 48.9 Å². The Kier molecular flexibility index (Phi) is 6.60. The summed E-state index contributed by atoms with van der Waals surface area (Å²) in [5.74, 6) is 0. The van der Waals surface area contributed by atoms with E-state index in [1.54, 1.807) is 0 Å². The Morgan fingerprint density at radius 3 is 1.75 bits per heavy atom. The third-order valence-electron chi connectivity index (χ3n) is 11.5. The van der Waals surface area contributed by atoms with Crippen LogP contribution in [0.15, 0.2) is 205 Å². The third kappa shape index (κ3) is 4.41. The maximum absolute atomic E-state index is 6.49. The molecule has 0 aliphatic carbocycles. The molecule has 9 aromatic carbocycles. The summed E-state index contributed by atoms with van der Waals surface area (Å²) >= 11 is 0. The van der Waals surface area contributed by atoms with E-state index < -0.39 is 0 Å². The number of fused-ring (bicyclic) bond motifs is 11. The Bertz CT molecular complexity index is 3480. The average molecular weight is 716 g/mol. The van der Waals surface area contributed by atoms with Crippen molar-refractivity contribution in [1.82, 2.24) is 9.13 Å². The van der Waals surface area contributed by atoms with Crippen LogP contribution >= 0.6 is 0 Å². The van der Waals surface area contributed by atoms with Crippen LogP contribution in [0.3, 0.4) is 0 Å². The van der Waals surface area contributed by atoms with Crippen LogP contribution in [0.2, 0.25) is 0 Å². The zero-order valence-corrected chi connectivity index (χ0v) is 30.3. The molecule has 0 bridgehead atoms. The molecule has 0 saturated heterocycles. The molecule has 3 aromatic heterocycles. The molecule has 4 nitrogen and oxygen atoms in total. The minimum Gasteiger partial charge on any atom is -0.456 e. The van der Waals surface area contributed by atoms with E-state index in [9.17, 15) is 0 Å². The molecule has 12 rings (SSSR count). The Morgan fingerprint density at radius 2 is 0.929 bits per heavy atom. The molecule has 262 valence electrons. The zero-order valence-electron chi connectivity index (χ0n) is 30.3. The Morgan fingerprint density at radius 1 is 0.339 bits per heavy atom. The summed E-state index contributed by atoms with van der Waals surface area (Å²) in [6.07, 6.45) is 0. The molecule has 0 fully saturated rings. The fourth-order valence-electron chi connectivity index (χ4n) is 9.14. The second-order valence-corrected chi connectivity index (χ2v) is 14.5. The molecule has 0 radical (unpaired) electrons. The van der Waals surface area contributed by atoms with Crippen molar-refractivity contribution in [3.63, 3.8) is 0 Å². The Hall–Kier alpha value is -7.56. The molecule has 0 amide bonds. The first-order valence-corrected chi connectivity index (χ1v) is 19.1. The predicted octanol–water partition coefficient (Wildman–Crippen LogP) is 14.4. The second kappa shape index (κ2) is 12.0. The highest BCUT2D eigenvalue weighted by Gasteiger charge is 2.24. The van der Waals surface area contributed by atoms with Crippen molar-refractivity contribution in [2.45, 2.75) is 0 Å². The van der Waals surface area contributed by atoms with Gasteiger partial charge in [-0.25, -0.2) is 0 Å². The monoisotopic (exact) mass is 715 g/mol. The van der Waals surface area contributed by atoms with Gasteiger partial charge in [-0.2, -0.15) is 0 Å². The van der Waals surface area contributed by atoms with Crippen LogP contribution in [0, 0.1) is 0 Å². The molecule has 0 atom stereocenters. The third-order valence-corrected chi connectivity index (χ3v) is 11.5. The number of benzene rings is 9. The van der Waals surface area contributed by atoms with Crippen molar-refractivity contribution in [3.05, 3.63) is 200 Å². The van der Waals surface area contributed by atoms with Crippen LogP contribution in [-0.2, 0) is 0 Å². The van der Waals surface area contributed by atoms with Crippen molar-refractivity contribution in [2.75, 3.05) is 4.90 Å². The number of aromatic nitrogens is 2. The van der Waals surface area contributed by atoms with Crippen molar-refractivity contribution in [2.24, 2.45) is 0 Å². The topological polar surface area (TPSA) is 26.2 Å². The van der Waals surface area contributed by atoms with Crippen molar-refractivity contribution in [3.8, 4) is 11.4 Å². The van der Waals surface area contributed by atoms with Gasteiger partial charge in [0, 0.05) is 49.4 Å². The van der Waals surface area contributed by atoms with Gasteiger partial charge in [0.05, 0.1) is 38.8 Å². The van der Waals surface area contributed by atoms with Gasteiger partial charge in [0.25, 0.3) is 0 Å². The van der Waals surface area contributed by atoms with E-state index in [2.05, 4.69) is 208 Å². The highest BCUT2D eigenvalue weighted by molar-refractivity contribution is 6.20. The van der Waals surface area contributed by atoms with Gasteiger partial charge in [0.15, 0.2) is 0 Å². The van der Waals surface area contributed by atoms with Gasteiger partial charge in [-0.1, -0.05) is 121 Å². The van der Waals surface area contributed by atoms with E-state index >= 15 is 0 Å². The number of rotatable bonds is 5. The van der Waals surface area contributed by atoms with Crippen molar-refractivity contribution in [1.29, 1.82) is 0 Å². The average Bonchev–Trinajstić information content (AvgIpc) is 3.93. The molecule has 0 unspecified atom stereocenters. The van der Waals surface area contributed by atoms with E-state index in [0.29, 0.717) is 0 Å². The lowest BCUT2D eigenvalue weighted by molar-refractivity contribution is 0.669. The summed E-state index contributed by atoms with van der Waals surface area (Å²) in [5.41, 5.74) is 11.9. The number of para-hydroxylation sites is 4. The molecule has 0 aliphatic heterocycles. The van der Waals surface area contributed by atoms with Gasteiger partial charge in [-0.3, -0.25) is 0 Å². The smallest absolute Gasteiger partial charge is 0.137 e. The summed E-state index contributed by atoms with van der Waals surface area (Å²) in [6.45, 7) is 0. The number of hydrogen-bond donors (Lipinski definition) is 0. The van der Waals surface area contributed by atoms with Gasteiger partial charge in [-0.15, -0.1) is 0 Å². The lowest BCUT2D eigenvalue weighted by atomic mass is 10.0. The summed E-state index contributed by atoms with van der Waals surface area (Å²) in [4.78, 5) is 2.43. The van der Waals surface area contributed by atoms with E-state index in [0.717, 1.165) is 55.9 Å². The van der Waals surface area contributed by atoms with Crippen LogP contribution in [0.1, 0.15) is 0 Å². The minimum absolute atomic E-state index is 0.862. The predicted molar refractivity (Wildman–Crippen MR) is 235 cm³/mol. The van der Waals surface area contributed by atoms with Crippen molar-refractivity contribution >= 4 is 93.4 Å². The number of hydrogen-bond acceptors (Lipinski definition) is 2. The van der Waals surface area contributed by atoms with Gasteiger partial charge < -0.3 is 18.5 Å². The first kappa shape index (κ1) is 30.9. The lowest BCUT2D eigenvalue weighted by Gasteiger charge is -2.27. The normalized spacial score (nSPS) is 11.9. The molecule has 3 heterocycles. The second-order valence-electron chi connectivity index (χ2n) is 14.5. The summed E-state index contributed by atoms with van der Waals surface area (Å²) < 4.78 is 11.3. The Labute approximate surface area is 322 Å². The highest BCUT2D eigenvalue weighted by atomic mass is 16.3. The molecule has 12 aromatic rings. The van der Waals surface area contributed by atoms with Gasteiger partial charge in [0.1, 0.15) is 11.2 Å². The van der Waals surface area contributed by atoms with E-state index in [1.807, 2.05) is 6.07 Å². The van der Waals surface area contributed by atoms with Crippen molar-refractivity contribution < 1.29 is 4.42 Å². The summed E-state index contributed by atoms with van der Waals surface area (Å²) in [5, 5.41) is 9.55. The van der Waals surface area contributed by atoms with Gasteiger partial charge in [-0.05, 0) is 84.2 Å². The first-order valence-electron chi connectivity index (χ1n) is 19.1.